The zero-order chi connectivity index (χ0) is 20.8. The van der Waals surface area contributed by atoms with Crippen molar-refractivity contribution in [2.75, 3.05) is 39.3 Å². The number of carbonyl (C=O) groups excluding carboxylic acids is 1. The highest BCUT2D eigenvalue weighted by atomic mass is 16.5. The number of β-amino-alcohol motifs (C(OH)–C–C–N with tert-alkyl or cyclic N) is 1. The van der Waals surface area contributed by atoms with Gasteiger partial charge in [-0.3, -0.25) is 14.6 Å². The van der Waals surface area contributed by atoms with E-state index in [1.807, 2.05) is 62.4 Å². The summed E-state index contributed by atoms with van der Waals surface area (Å²) in [5.74, 6) is 0.446. The largest absolute Gasteiger partial charge is 0.491 e. The number of aliphatic hydroxyl groups excluding tert-OH is 1. The third kappa shape index (κ3) is 5.56. The van der Waals surface area contributed by atoms with Crippen LogP contribution in [0.4, 0.5) is 0 Å². The number of ether oxygens (including phenoxy) is 1. The van der Waals surface area contributed by atoms with Crippen molar-refractivity contribution in [3.8, 4) is 5.75 Å². The van der Waals surface area contributed by atoms with Gasteiger partial charge < -0.3 is 15.6 Å². The van der Waals surface area contributed by atoms with Crippen molar-refractivity contribution in [2.45, 2.75) is 26.0 Å². The van der Waals surface area contributed by atoms with Gasteiger partial charge in [0.2, 0.25) is 5.91 Å². The molecule has 29 heavy (non-hydrogen) atoms. The van der Waals surface area contributed by atoms with E-state index < -0.39 is 12.1 Å². The van der Waals surface area contributed by atoms with Crippen LogP contribution < -0.4 is 10.5 Å². The van der Waals surface area contributed by atoms with Gasteiger partial charge in [0.1, 0.15) is 24.5 Å². The summed E-state index contributed by atoms with van der Waals surface area (Å²) in [4.78, 5) is 16.7. The van der Waals surface area contributed by atoms with Crippen LogP contribution in [0.2, 0.25) is 0 Å². The SMILES string of the molecule is Cc1cccc(C)c1[C@H](C(N)=O)N1CCN(CC(O)COc2ccccc2)CC1. The topological polar surface area (TPSA) is 79.0 Å². The predicted molar refractivity (Wildman–Crippen MR) is 114 cm³/mol. The number of nitrogens with two attached hydrogens (primary N) is 1. The molecule has 3 N–H and O–H groups in total. The Labute approximate surface area is 172 Å². The molecule has 1 fully saturated rings. The van der Waals surface area contributed by atoms with Gasteiger partial charge in [0.05, 0.1) is 0 Å². The van der Waals surface area contributed by atoms with E-state index >= 15 is 0 Å². The number of hydrogen-bond acceptors (Lipinski definition) is 5. The summed E-state index contributed by atoms with van der Waals surface area (Å²) < 4.78 is 5.64. The molecule has 6 nitrogen and oxygen atoms in total. The first kappa shape index (κ1) is 21.3. The average Bonchev–Trinajstić information content (AvgIpc) is 2.71. The van der Waals surface area contributed by atoms with Gasteiger partial charge in [-0.15, -0.1) is 0 Å². The molecule has 0 spiro atoms. The Morgan fingerprint density at radius 2 is 1.66 bits per heavy atom. The average molecular weight is 398 g/mol. The van der Waals surface area contributed by atoms with Crippen LogP contribution in [0.25, 0.3) is 0 Å². The van der Waals surface area contributed by atoms with E-state index in [9.17, 15) is 9.90 Å². The maximum atomic E-state index is 12.3. The second-order valence-corrected chi connectivity index (χ2v) is 7.72. The number of primary amides is 1. The van der Waals surface area contributed by atoms with E-state index in [0.29, 0.717) is 6.54 Å². The molecule has 0 aliphatic carbocycles. The Bertz CT molecular complexity index is 784. The Balaban J connectivity index is 1.54. The summed E-state index contributed by atoms with van der Waals surface area (Å²) in [5, 5.41) is 10.3. The third-order valence-corrected chi connectivity index (χ3v) is 5.51. The van der Waals surface area contributed by atoms with Crippen molar-refractivity contribution >= 4 is 5.91 Å². The van der Waals surface area contributed by atoms with Gasteiger partial charge in [-0.2, -0.15) is 0 Å². The maximum Gasteiger partial charge on any atom is 0.239 e. The molecule has 6 heteroatoms. The molecule has 1 unspecified atom stereocenters. The van der Waals surface area contributed by atoms with E-state index in [0.717, 1.165) is 48.6 Å². The molecule has 3 rings (SSSR count). The maximum absolute atomic E-state index is 12.3. The molecular weight excluding hydrogens is 366 g/mol. The number of piperazine rings is 1. The van der Waals surface area contributed by atoms with Gasteiger partial charge in [-0.1, -0.05) is 36.4 Å². The number of hydrogen-bond donors (Lipinski definition) is 2. The lowest BCUT2D eigenvalue weighted by molar-refractivity contribution is -0.124. The molecule has 0 aromatic heterocycles. The number of amides is 1. The van der Waals surface area contributed by atoms with Crippen molar-refractivity contribution in [1.82, 2.24) is 9.80 Å². The minimum atomic E-state index is -0.563. The van der Waals surface area contributed by atoms with Gasteiger partial charge in [0.25, 0.3) is 0 Å². The lowest BCUT2D eigenvalue weighted by Gasteiger charge is -2.39. The number of para-hydroxylation sites is 1. The molecule has 1 aliphatic heterocycles. The lowest BCUT2D eigenvalue weighted by atomic mass is 9.94. The lowest BCUT2D eigenvalue weighted by Crippen LogP contribution is -2.52. The number of aliphatic hydroxyl groups is 1. The fourth-order valence-electron chi connectivity index (χ4n) is 4.03. The summed E-state index contributed by atoms with van der Waals surface area (Å²) in [7, 11) is 0. The monoisotopic (exact) mass is 397 g/mol. The molecule has 1 amide bonds. The van der Waals surface area contributed by atoms with E-state index in [4.69, 9.17) is 10.5 Å². The van der Waals surface area contributed by atoms with E-state index in [2.05, 4.69) is 9.80 Å². The Kier molecular flexibility index (Phi) is 7.25. The normalized spacial score (nSPS) is 17.6. The summed E-state index contributed by atoms with van der Waals surface area (Å²) in [6.45, 7) is 7.87. The van der Waals surface area contributed by atoms with Crippen LogP contribution in [0.3, 0.4) is 0 Å². The zero-order valence-corrected chi connectivity index (χ0v) is 17.3. The van der Waals surface area contributed by atoms with Crippen LogP contribution in [0, 0.1) is 13.8 Å². The van der Waals surface area contributed by atoms with Gasteiger partial charge in [-0.05, 0) is 42.7 Å². The van der Waals surface area contributed by atoms with Crippen LogP contribution in [0.5, 0.6) is 5.75 Å². The smallest absolute Gasteiger partial charge is 0.239 e. The van der Waals surface area contributed by atoms with Crippen LogP contribution in [0.15, 0.2) is 48.5 Å². The van der Waals surface area contributed by atoms with Crippen molar-refractivity contribution in [3.05, 3.63) is 65.2 Å². The van der Waals surface area contributed by atoms with Gasteiger partial charge in [0, 0.05) is 32.7 Å². The molecule has 156 valence electrons. The first-order valence-corrected chi connectivity index (χ1v) is 10.1. The summed E-state index contributed by atoms with van der Waals surface area (Å²) in [5.41, 5.74) is 8.99. The summed E-state index contributed by atoms with van der Waals surface area (Å²) in [6, 6.07) is 15.1. The Morgan fingerprint density at radius 1 is 1.03 bits per heavy atom. The predicted octanol–water partition coefficient (Wildman–Crippen LogP) is 1.89. The van der Waals surface area contributed by atoms with Crippen molar-refractivity contribution < 1.29 is 14.6 Å². The first-order valence-electron chi connectivity index (χ1n) is 10.1. The molecule has 0 radical (unpaired) electrons. The number of nitrogens with zero attached hydrogens (tertiary/aromatic N) is 2. The highest BCUT2D eigenvalue weighted by molar-refractivity contribution is 5.82. The van der Waals surface area contributed by atoms with E-state index in [1.165, 1.54) is 0 Å². The second-order valence-electron chi connectivity index (χ2n) is 7.72. The number of rotatable bonds is 8. The fraction of sp³-hybridized carbons (Fsp3) is 0.435. The zero-order valence-electron chi connectivity index (χ0n) is 17.3. The molecule has 2 aromatic carbocycles. The number of carbonyl (C=O) groups is 1. The van der Waals surface area contributed by atoms with Crippen molar-refractivity contribution in [1.29, 1.82) is 0 Å². The highest BCUT2D eigenvalue weighted by Crippen LogP contribution is 2.28. The van der Waals surface area contributed by atoms with Crippen LogP contribution in [-0.2, 0) is 4.79 Å². The second kappa shape index (κ2) is 9.87. The molecule has 1 heterocycles. The van der Waals surface area contributed by atoms with Gasteiger partial charge in [0.15, 0.2) is 0 Å². The molecule has 1 aliphatic rings. The van der Waals surface area contributed by atoms with Crippen molar-refractivity contribution in [2.24, 2.45) is 5.73 Å². The Morgan fingerprint density at radius 3 is 2.24 bits per heavy atom. The van der Waals surface area contributed by atoms with Crippen LogP contribution >= 0.6 is 0 Å². The third-order valence-electron chi connectivity index (χ3n) is 5.51. The first-order chi connectivity index (χ1) is 14.0. The minimum absolute atomic E-state index is 0.260. The van der Waals surface area contributed by atoms with E-state index in [1.54, 1.807) is 0 Å². The fourth-order valence-corrected chi connectivity index (χ4v) is 4.03. The number of aryl methyl sites for hydroxylation is 2. The molecular formula is C23H31N3O3. The minimum Gasteiger partial charge on any atom is -0.491 e. The van der Waals surface area contributed by atoms with Gasteiger partial charge >= 0.3 is 0 Å². The number of benzene rings is 2. The molecule has 2 atom stereocenters. The molecule has 2 aromatic rings. The van der Waals surface area contributed by atoms with Gasteiger partial charge in [-0.25, -0.2) is 0 Å². The Hall–Kier alpha value is -2.41. The van der Waals surface area contributed by atoms with E-state index in [-0.39, 0.29) is 12.5 Å². The summed E-state index contributed by atoms with van der Waals surface area (Å²) >= 11 is 0. The standard InChI is InChI=1S/C23H31N3O3/c1-17-7-6-8-18(2)21(17)22(23(24)28)26-13-11-25(12-14-26)15-19(27)16-29-20-9-4-3-5-10-20/h3-10,19,22,27H,11-16H2,1-2H3,(H2,24,28)/t19?,22-/m1/s1. The molecule has 0 saturated carbocycles. The van der Waals surface area contributed by atoms with Crippen LogP contribution in [-0.4, -0.2) is 66.2 Å². The van der Waals surface area contributed by atoms with Crippen molar-refractivity contribution in [3.63, 3.8) is 0 Å². The molecule has 1 saturated heterocycles. The highest BCUT2D eigenvalue weighted by Gasteiger charge is 2.31. The molecule has 0 bridgehead atoms. The van der Waals surface area contributed by atoms with Crippen LogP contribution in [0.1, 0.15) is 22.7 Å². The summed E-state index contributed by atoms with van der Waals surface area (Å²) in [6.07, 6.45) is -0.563. The quantitative estimate of drug-likeness (QED) is 0.711.